The Morgan fingerprint density at radius 3 is 2.68 bits per heavy atom. The Bertz CT molecular complexity index is 688. The largest absolute Gasteiger partial charge is 0.341 e. The maximum atomic E-state index is 13.1. The van der Waals surface area contributed by atoms with E-state index in [-0.39, 0.29) is 11.7 Å². The molecule has 1 fully saturated rings. The number of nitrogens with one attached hydrogen (secondary N) is 1. The number of nitrogens with zero attached hydrogens (tertiary/aromatic N) is 3. The third-order valence-corrected chi connectivity index (χ3v) is 4.07. The van der Waals surface area contributed by atoms with Crippen LogP contribution in [-0.2, 0) is 7.05 Å². The Balaban J connectivity index is 1.85. The average molecular weight is 308 g/mol. The molecule has 2 heterocycles. The van der Waals surface area contributed by atoms with E-state index in [2.05, 4.69) is 10.3 Å². The lowest BCUT2D eigenvalue weighted by atomic mass is 10.1. The minimum Gasteiger partial charge on any atom is -0.341 e. The maximum absolute atomic E-state index is 13.1. The van der Waals surface area contributed by atoms with Gasteiger partial charge in [-0.25, -0.2) is 4.98 Å². The molecule has 0 saturated heterocycles. The zero-order valence-corrected chi connectivity index (χ0v) is 12.5. The van der Waals surface area contributed by atoms with Crippen molar-refractivity contribution < 1.29 is 13.6 Å². The van der Waals surface area contributed by atoms with Gasteiger partial charge in [-0.05, 0) is 37.8 Å². The van der Waals surface area contributed by atoms with Gasteiger partial charge in [-0.3, -0.25) is 9.36 Å². The summed E-state index contributed by atoms with van der Waals surface area (Å²) in [5.41, 5.74) is 0.340. The Kier molecular flexibility index (Phi) is 3.72. The molecule has 0 bridgehead atoms. The number of hydrogen-bond acceptors (Lipinski definition) is 2. The number of aryl methyl sites for hydroxylation is 2. The lowest BCUT2D eigenvalue weighted by Crippen LogP contribution is -2.33. The van der Waals surface area contributed by atoms with Crippen LogP contribution >= 0.6 is 0 Å². The quantitative estimate of drug-likeness (QED) is 0.923. The molecule has 1 amide bonds. The highest BCUT2D eigenvalue weighted by molar-refractivity contribution is 5.93. The molecular formula is C15H18F2N4O. The molecule has 0 spiro atoms. The van der Waals surface area contributed by atoms with Crippen molar-refractivity contribution >= 4 is 5.91 Å². The summed E-state index contributed by atoms with van der Waals surface area (Å²) in [6.07, 6.45) is 5.49. The van der Waals surface area contributed by atoms with E-state index in [0.29, 0.717) is 11.6 Å². The predicted molar refractivity (Wildman–Crippen MR) is 76.6 cm³/mol. The molecule has 1 saturated carbocycles. The standard InChI is InChI=1S/C15H18F2N4O/c1-9-3-6-11(21(9)15(16)17)14(22)19-12(10-4-5-10)13-18-7-8-20(13)2/h3,6-8,10,12,15H,4-5H2,1-2H3,(H,19,22)/t12-/m0/s1. The van der Waals surface area contributed by atoms with Crippen LogP contribution in [0.1, 0.15) is 47.4 Å². The lowest BCUT2D eigenvalue weighted by Gasteiger charge is -2.19. The smallest absolute Gasteiger partial charge is 0.319 e. The molecule has 0 aliphatic heterocycles. The first kappa shape index (κ1) is 14.7. The molecule has 1 N–H and O–H groups in total. The summed E-state index contributed by atoms with van der Waals surface area (Å²) in [5, 5.41) is 2.87. The van der Waals surface area contributed by atoms with Gasteiger partial charge < -0.3 is 9.88 Å². The van der Waals surface area contributed by atoms with E-state index in [4.69, 9.17) is 0 Å². The first-order valence-electron chi connectivity index (χ1n) is 7.23. The molecule has 0 radical (unpaired) electrons. The number of aromatic nitrogens is 3. The number of carbonyl (C=O) groups excluding carboxylic acids is 1. The van der Waals surface area contributed by atoms with Gasteiger partial charge in [0.2, 0.25) is 0 Å². The Hall–Kier alpha value is -2.18. The third-order valence-electron chi connectivity index (χ3n) is 4.07. The highest BCUT2D eigenvalue weighted by atomic mass is 19.3. The van der Waals surface area contributed by atoms with Crippen LogP contribution in [0.2, 0.25) is 0 Å². The van der Waals surface area contributed by atoms with Crippen molar-refractivity contribution in [3.05, 3.63) is 41.7 Å². The Morgan fingerprint density at radius 2 is 2.14 bits per heavy atom. The molecule has 3 rings (SSSR count). The summed E-state index contributed by atoms with van der Waals surface area (Å²) in [6.45, 7) is -1.18. The summed E-state index contributed by atoms with van der Waals surface area (Å²) < 4.78 is 28.8. The summed E-state index contributed by atoms with van der Waals surface area (Å²) >= 11 is 0. The van der Waals surface area contributed by atoms with Crippen molar-refractivity contribution in [2.45, 2.75) is 32.4 Å². The van der Waals surface area contributed by atoms with Gasteiger partial charge in [-0.1, -0.05) is 0 Å². The highest BCUT2D eigenvalue weighted by Crippen LogP contribution is 2.40. The highest BCUT2D eigenvalue weighted by Gasteiger charge is 2.36. The molecule has 118 valence electrons. The monoisotopic (exact) mass is 308 g/mol. The van der Waals surface area contributed by atoms with E-state index in [0.717, 1.165) is 23.2 Å². The van der Waals surface area contributed by atoms with Gasteiger partial charge in [-0.2, -0.15) is 8.78 Å². The average Bonchev–Trinajstić information content (AvgIpc) is 3.10. The van der Waals surface area contributed by atoms with Crippen LogP contribution in [0.4, 0.5) is 8.78 Å². The van der Waals surface area contributed by atoms with Crippen LogP contribution in [0.5, 0.6) is 0 Å². The molecular weight excluding hydrogens is 290 g/mol. The summed E-state index contributed by atoms with van der Waals surface area (Å²) in [4.78, 5) is 16.7. The number of carbonyl (C=O) groups is 1. The van der Waals surface area contributed by atoms with E-state index >= 15 is 0 Å². The number of halogens is 2. The van der Waals surface area contributed by atoms with E-state index in [9.17, 15) is 13.6 Å². The van der Waals surface area contributed by atoms with Crippen LogP contribution in [0.3, 0.4) is 0 Å². The van der Waals surface area contributed by atoms with Crippen molar-refractivity contribution in [3.8, 4) is 0 Å². The van der Waals surface area contributed by atoms with Crippen LogP contribution < -0.4 is 5.32 Å². The van der Waals surface area contributed by atoms with Gasteiger partial charge in [0.25, 0.3) is 5.91 Å². The Labute approximate surface area is 127 Å². The molecule has 2 aromatic rings. The van der Waals surface area contributed by atoms with Gasteiger partial charge in [0.05, 0.1) is 6.04 Å². The minimum absolute atomic E-state index is 0.0210. The van der Waals surface area contributed by atoms with E-state index in [1.54, 1.807) is 13.1 Å². The molecule has 0 aromatic carbocycles. The van der Waals surface area contributed by atoms with E-state index < -0.39 is 12.5 Å². The van der Waals surface area contributed by atoms with E-state index in [1.165, 1.54) is 12.1 Å². The van der Waals surface area contributed by atoms with Crippen molar-refractivity contribution in [3.63, 3.8) is 0 Å². The molecule has 22 heavy (non-hydrogen) atoms. The second-order valence-corrected chi connectivity index (χ2v) is 5.69. The molecule has 5 nitrogen and oxygen atoms in total. The first-order valence-corrected chi connectivity index (χ1v) is 7.23. The molecule has 1 atom stereocenters. The number of hydrogen-bond donors (Lipinski definition) is 1. The first-order chi connectivity index (χ1) is 10.5. The van der Waals surface area contributed by atoms with Crippen LogP contribution in [0.15, 0.2) is 24.5 Å². The Morgan fingerprint density at radius 1 is 1.41 bits per heavy atom. The molecule has 1 aliphatic rings. The van der Waals surface area contributed by atoms with Crippen LogP contribution in [0.25, 0.3) is 0 Å². The van der Waals surface area contributed by atoms with Crippen molar-refractivity contribution in [1.82, 2.24) is 19.4 Å². The van der Waals surface area contributed by atoms with Gasteiger partial charge in [0.1, 0.15) is 11.5 Å². The fourth-order valence-electron chi connectivity index (χ4n) is 2.71. The van der Waals surface area contributed by atoms with Gasteiger partial charge in [0, 0.05) is 25.1 Å². The van der Waals surface area contributed by atoms with Gasteiger partial charge in [-0.15, -0.1) is 0 Å². The summed E-state index contributed by atoms with van der Waals surface area (Å²) in [7, 11) is 1.86. The fraction of sp³-hybridized carbons (Fsp3) is 0.467. The summed E-state index contributed by atoms with van der Waals surface area (Å²) in [6, 6.07) is 2.71. The van der Waals surface area contributed by atoms with Crippen molar-refractivity contribution in [1.29, 1.82) is 0 Å². The second kappa shape index (κ2) is 5.55. The number of amides is 1. The minimum atomic E-state index is -2.73. The second-order valence-electron chi connectivity index (χ2n) is 5.69. The molecule has 7 heteroatoms. The van der Waals surface area contributed by atoms with Crippen molar-refractivity contribution in [2.24, 2.45) is 13.0 Å². The maximum Gasteiger partial charge on any atom is 0.319 e. The van der Waals surface area contributed by atoms with Crippen LogP contribution in [-0.4, -0.2) is 20.0 Å². The SMILES string of the molecule is Cc1ccc(C(=O)N[C@H](c2nccn2C)C2CC2)n1C(F)F. The van der Waals surface area contributed by atoms with Crippen LogP contribution in [0, 0.1) is 12.8 Å². The number of imidazole rings is 1. The molecule has 0 unspecified atom stereocenters. The zero-order valence-electron chi connectivity index (χ0n) is 12.5. The van der Waals surface area contributed by atoms with Crippen molar-refractivity contribution in [2.75, 3.05) is 0 Å². The lowest BCUT2D eigenvalue weighted by molar-refractivity contribution is 0.0612. The molecule has 2 aromatic heterocycles. The fourth-order valence-corrected chi connectivity index (χ4v) is 2.71. The normalized spacial score (nSPS) is 16.0. The zero-order chi connectivity index (χ0) is 15.9. The number of alkyl halides is 2. The number of rotatable bonds is 5. The topological polar surface area (TPSA) is 51.9 Å². The molecule has 1 aliphatic carbocycles. The third kappa shape index (κ3) is 2.63. The predicted octanol–water partition coefficient (Wildman–Crippen LogP) is 2.81. The van der Waals surface area contributed by atoms with E-state index in [1.807, 2.05) is 17.8 Å². The van der Waals surface area contributed by atoms with Gasteiger partial charge in [0.15, 0.2) is 0 Å². The van der Waals surface area contributed by atoms with Gasteiger partial charge >= 0.3 is 6.55 Å². The summed E-state index contributed by atoms with van der Waals surface area (Å²) in [5.74, 6) is 0.581.